The first kappa shape index (κ1) is 26.5. The minimum Gasteiger partial charge on any atom is -0.497 e. The summed E-state index contributed by atoms with van der Waals surface area (Å²) >= 11 is 1.11. The second-order valence-electron chi connectivity index (χ2n) is 8.36. The van der Waals surface area contributed by atoms with Gasteiger partial charge in [-0.1, -0.05) is 54.2 Å². The van der Waals surface area contributed by atoms with Crippen molar-refractivity contribution in [3.05, 3.63) is 112 Å². The number of halogens is 1. The van der Waals surface area contributed by atoms with Crippen molar-refractivity contribution in [1.29, 1.82) is 5.26 Å². The van der Waals surface area contributed by atoms with Crippen LogP contribution in [0.5, 0.6) is 5.75 Å². The van der Waals surface area contributed by atoms with Gasteiger partial charge in [-0.05, 0) is 37.3 Å². The summed E-state index contributed by atoms with van der Waals surface area (Å²) in [6, 6.07) is 24.1. The topological polar surface area (TPSA) is 103 Å². The number of benzene rings is 3. The summed E-state index contributed by atoms with van der Waals surface area (Å²) in [4.78, 5) is 26.1. The number of methoxy groups -OCH3 is 1. The van der Waals surface area contributed by atoms with Gasteiger partial charge in [0.25, 0.3) is 5.91 Å². The van der Waals surface area contributed by atoms with Crippen LogP contribution >= 0.6 is 11.8 Å². The molecule has 0 aliphatic carbocycles. The number of thioether (sulfide) groups is 1. The lowest BCUT2D eigenvalue weighted by Crippen LogP contribution is -2.31. The van der Waals surface area contributed by atoms with E-state index in [9.17, 15) is 14.9 Å². The number of nitrogens with one attached hydrogen (secondary N) is 3. The van der Waals surface area contributed by atoms with Crippen molar-refractivity contribution < 1.29 is 18.7 Å². The third-order valence-electron chi connectivity index (χ3n) is 5.84. The van der Waals surface area contributed by atoms with Gasteiger partial charge in [0.1, 0.15) is 11.6 Å². The number of nitrogens with zero attached hydrogens (tertiary/aromatic N) is 1. The molecule has 0 spiro atoms. The zero-order chi connectivity index (χ0) is 27.1. The highest BCUT2D eigenvalue weighted by atomic mass is 32.2. The molecule has 9 heteroatoms. The lowest BCUT2D eigenvalue weighted by Gasteiger charge is -2.30. The van der Waals surface area contributed by atoms with E-state index in [2.05, 4.69) is 22.0 Å². The molecular weight excluding hydrogens is 503 g/mol. The molecule has 0 radical (unpaired) electrons. The minimum atomic E-state index is -0.963. The fourth-order valence-electron chi connectivity index (χ4n) is 4.10. The first-order chi connectivity index (χ1) is 18.4. The molecule has 1 atom stereocenters. The molecule has 192 valence electrons. The predicted molar refractivity (Wildman–Crippen MR) is 147 cm³/mol. The summed E-state index contributed by atoms with van der Waals surface area (Å²) in [5, 5.41) is 19.3. The van der Waals surface area contributed by atoms with Gasteiger partial charge in [0.2, 0.25) is 5.91 Å². The normalized spacial score (nSPS) is 14.8. The highest BCUT2D eigenvalue weighted by molar-refractivity contribution is 8.03. The van der Waals surface area contributed by atoms with Crippen molar-refractivity contribution in [1.82, 2.24) is 5.32 Å². The second kappa shape index (κ2) is 12.1. The highest BCUT2D eigenvalue weighted by Gasteiger charge is 2.36. The molecule has 7 nitrogen and oxygen atoms in total. The maximum atomic E-state index is 15.0. The van der Waals surface area contributed by atoms with E-state index >= 15 is 4.39 Å². The molecular formula is C29H25FN4O3S. The molecule has 3 aromatic carbocycles. The molecule has 2 amide bonds. The van der Waals surface area contributed by atoms with Gasteiger partial charge >= 0.3 is 0 Å². The van der Waals surface area contributed by atoms with Gasteiger partial charge in [0, 0.05) is 34.3 Å². The smallest absolute Gasteiger partial charge is 0.254 e. The molecule has 4 rings (SSSR count). The highest BCUT2D eigenvalue weighted by Crippen LogP contribution is 2.41. The molecule has 0 aromatic heterocycles. The summed E-state index contributed by atoms with van der Waals surface area (Å²) in [6.45, 7) is 1.69. The van der Waals surface area contributed by atoms with Gasteiger partial charge in [-0.3, -0.25) is 9.59 Å². The van der Waals surface area contributed by atoms with E-state index in [0.717, 1.165) is 11.8 Å². The number of allylic oxidation sites excluding steroid dienone is 2. The number of para-hydroxylation sites is 1. The van der Waals surface area contributed by atoms with E-state index in [1.165, 1.54) is 13.2 Å². The second-order valence-corrected chi connectivity index (χ2v) is 9.35. The van der Waals surface area contributed by atoms with Crippen LogP contribution in [0.4, 0.5) is 15.8 Å². The third kappa shape index (κ3) is 6.05. The molecule has 0 saturated heterocycles. The van der Waals surface area contributed by atoms with E-state index < -0.39 is 17.6 Å². The van der Waals surface area contributed by atoms with Crippen LogP contribution in [0.25, 0.3) is 0 Å². The van der Waals surface area contributed by atoms with Crippen molar-refractivity contribution in [2.24, 2.45) is 0 Å². The SMILES string of the molecule is COc1cccc(NC(=O)CSC2=C(C#N)C(c3ccccc3F)C(C(=O)Nc3ccccc3)=C(C)N2)c1. The molecule has 0 bridgehead atoms. The van der Waals surface area contributed by atoms with E-state index in [1.807, 2.05) is 6.07 Å². The van der Waals surface area contributed by atoms with E-state index in [0.29, 0.717) is 27.9 Å². The number of carbonyl (C=O) groups excluding carboxylic acids is 2. The van der Waals surface area contributed by atoms with Crippen LogP contribution in [0.15, 0.2) is 101 Å². The van der Waals surface area contributed by atoms with Crippen LogP contribution in [-0.4, -0.2) is 24.7 Å². The molecule has 1 heterocycles. The van der Waals surface area contributed by atoms with Crippen molar-refractivity contribution in [2.75, 3.05) is 23.5 Å². The summed E-state index contributed by atoms with van der Waals surface area (Å²) in [7, 11) is 1.54. The minimum absolute atomic E-state index is 0.0203. The van der Waals surface area contributed by atoms with Gasteiger partial charge in [0.05, 0.1) is 35.5 Å². The van der Waals surface area contributed by atoms with Crippen LogP contribution in [0.3, 0.4) is 0 Å². The van der Waals surface area contributed by atoms with E-state index in [4.69, 9.17) is 4.74 Å². The Hall–Kier alpha value is -4.55. The maximum Gasteiger partial charge on any atom is 0.254 e. The van der Waals surface area contributed by atoms with Crippen LogP contribution in [0, 0.1) is 17.1 Å². The Bertz CT molecular complexity index is 1460. The van der Waals surface area contributed by atoms with Gasteiger partial charge in [-0.15, -0.1) is 0 Å². The summed E-state index contributed by atoms with van der Waals surface area (Å²) in [5.74, 6) is -1.67. The number of hydrogen-bond donors (Lipinski definition) is 3. The Kier molecular flexibility index (Phi) is 8.46. The molecule has 3 N–H and O–H groups in total. The first-order valence-electron chi connectivity index (χ1n) is 11.7. The molecule has 0 saturated carbocycles. The average Bonchev–Trinajstić information content (AvgIpc) is 2.92. The lowest BCUT2D eigenvalue weighted by molar-refractivity contribution is -0.114. The largest absolute Gasteiger partial charge is 0.497 e. The standard InChI is InChI=1S/C29H25FN4O3S/c1-18-26(28(36)34-19-9-4-3-5-10-19)27(22-13-6-7-14-24(22)30)23(16-31)29(32-18)38-17-25(35)33-20-11-8-12-21(15-20)37-2/h3-15,27,32H,17H2,1-2H3,(H,33,35)(H,34,36). The zero-order valence-electron chi connectivity index (χ0n) is 20.7. The van der Waals surface area contributed by atoms with Gasteiger partial charge in [0.15, 0.2) is 0 Å². The van der Waals surface area contributed by atoms with Crippen molar-refractivity contribution in [2.45, 2.75) is 12.8 Å². The Balaban J connectivity index is 1.62. The fraction of sp³-hybridized carbons (Fsp3) is 0.138. The number of rotatable bonds is 8. The van der Waals surface area contributed by atoms with Crippen molar-refractivity contribution >= 4 is 35.0 Å². The Labute approximate surface area is 224 Å². The molecule has 1 aliphatic rings. The monoisotopic (exact) mass is 528 g/mol. The first-order valence-corrected chi connectivity index (χ1v) is 12.7. The number of carbonyl (C=O) groups is 2. The predicted octanol–water partition coefficient (Wildman–Crippen LogP) is 5.54. The van der Waals surface area contributed by atoms with Gasteiger partial charge < -0.3 is 20.7 Å². The summed E-state index contributed by atoms with van der Waals surface area (Å²) < 4.78 is 20.2. The maximum absolute atomic E-state index is 15.0. The van der Waals surface area contributed by atoms with Crippen molar-refractivity contribution in [3.63, 3.8) is 0 Å². The quantitative estimate of drug-likeness (QED) is 0.355. The number of dihydropyridines is 1. The Morgan fingerprint density at radius 2 is 1.74 bits per heavy atom. The van der Waals surface area contributed by atoms with Crippen molar-refractivity contribution in [3.8, 4) is 11.8 Å². The molecule has 0 fully saturated rings. The van der Waals surface area contributed by atoms with Crippen LogP contribution in [-0.2, 0) is 9.59 Å². The number of ether oxygens (including phenoxy) is 1. The Morgan fingerprint density at radius 1 is 1.03 bits per heavy atom. The van der Waals surface area contributed by atoms with Crippen LogP contribution in [0.1, 0.15) is 18.4 Å². The Morgan fingerprint density at radius 3 is 2.45 bits per heavy atom. The lowest BCUT2D eigenvalue weighted by atomic mass is 9.82. The summed E-state index contributed by atoms with van der Waals surface area (Å²) in [6.07, 6.45) is 0. The van der Waals surface area contributed by atoms with Crippen LogP contribution < -0.4 is 20.7 Å². The summed E-state index contributed by atoms with van der Waals surface area (Å²) in [5.41, 5.74) is 2.17. The molecule has 3 aromatic rings. The fourth-order valence-corrected chi connectivity index (χ4v) is 5.00. The number of nitriles is 1. The van der Waals surface area contributed by atoms with E-state index in [-0.39, 0.29) is 28.4 Å². The van der Waals surface area contributed by atoms with Gasteiger partial charge in [-0.2, -0.15) is 5.26 Å². The number of anilines is 2. The van der Waals surface area contributed by atoms with Crippen LogP contribution in [0.2, 0.25) is 0 Å². The molecule has 1 aliphatic heterocycles. The van der Waals surface area contributed by atoms with E-state index in [1.54, 1.807) is 73.7 Å². The zero-order valence-corrected chi connectivity index (χ0v) is 21.6. The average molecular weight is 529 g/mol. The number of hydrogen-bond acceptors (Lipinski definition) is 6. The number of amides is 2. The third-order valence-corrected chi connectivity index (χ3v) is 6.86. The molecule has 1 unspecified atom stereocenters. The van der Waals surface area contributed by atoms with Gasteiger partial charge in [-0.25, -0.2) is 4.39 Å². The molecule has 38 heavy (non-hydrogen) atoms.